The smallest absolute Gasteiger partial charge is 0.435 e. The van der Waals surface area contributed by atoms with Gasteiger partial charge in [-0.15, -0.1) is 0 Å². The molecule has 14 heteroatoms. The number of carbonyl (C=O) groups is 2. The molecule has 4 aromatic rings. The molecule has 0 saturated heterocycles. The van der Waals surface area contributed by atoms with Gasteiger partial charge in [-0.2, -0.15) is 13.2 Å². The number of alkyl halides is 3. The Labute approximate surface area is 225 Å². The van der Waals surface area contributed by atoms with Crippen LogP contribution in [0.15, 0.2) is 47.7 Å². The van der Waals surface area contributed by atoms with Crippen LogP contribution in [0, 0.1) is 0 Å². The van der Waals surface area contributed by atoms with Gasteiger partial charge in [0.05, 0.1) is 42.0 Å². The maximum atomic E-state index is 13.9. The Morgan fingerprint density at radius 2 is 1.93 bits per heavy atom. The van der Waals surface area contributed by atoms with Crippen molar-refractivity contribution in [3.63, 3.8) is 0 Å². The van der Waals surface area contributed by atoms with Crippen LogP contribution >= 0.6 is 0 Å². The largest absolute Gasteiger partial charge is 0.494 e. The summed E-state index contributed by atoms with van der Waals surface area (Å²) in [6.45, 7) is 1.68. The molecular formula is C26H23F3N8O3. The van der Waals surface area contributed by atoms with Crippen molar-refractivity contribution in [2.45, 2.75) is 32.4 Å². The number of H-pyrrole nitrogens is 1. The van der Waals surface area contributed by atoms with Gasteiger partial charge < -0.3 is 19.2 Å². The zero-order chi connectivity index (χ0) is 28.2. The third kappa shape index (κ3) is 4.16. The molecule has 3 aromatic heterocycles. The van der Waals surface area contributed by atoms with Crippen LogP contribution in [0.1, 0.15) is 28.8 Å². The molecule has 0 fully saturated rings. The van der Waals surface area contributed by atoms with Crippen LogP contribution in [0.5, 0.6) is 5.75 Å². The molecule has 40 heavy (non-hydrogen) atoms. The second-order valence-electron chi connectivity index (χ2n) is 9.34. The van der Waals surface area contributed by atoms with Crippen molar-refractivity contribution in [2.75, 3.05) is 18.7 Å². The first kappa shape index (κ1) is 25.6. The average molecular weight is 553 g/mol. The number of pyridine rings is 1. The fourth-order valence-electron chi connectivity index (χ4n) is 5.02. The Bertz CT molecular complexity index is 1660. The number of amides is 1. The number of halogens is 3. The molecule has 6 rings (SSSR count). The minimum atomic E-state index is -4.70. The number of nitrogens with zero attached hydrogens (tertiary/aromatic N) is 6. The number of aromatic nitrogens is 4. The van der Waals surface area contributed by atoms with Gasteiger partial charge in [-0.25, -0.2) is 20.4 Å². The molecule has 2 aliphatic rings. The van der Waals surface area contributed by atoms with Gasteiger partial charge in [-0.05, 0) is 6.92 Å². The Morgan fingerprint density at radius 1 is 1.15 bits per heavy atom. The van der Waals surface area contributed by atoms with Gasteiger partial charge in [-0.1, -0.05) is 30.3 Å². The highest BCUT2D eigenvalue weighted by Crippen LogP contribution is 2.39. The summed E-state index contributed by atoms with van der Waals surface area (Å²) in [5, 5.41) is 1.94. The van der Waals surface area contributed by atoms with E-state index >= 15 is 0 Å². The van der Waals surface area contributed by atoms with Crippen LogP contribution in [0.4, 0.5) is 19.0 Å². The first-order valence-corrected chi connectivity index (χ1v) is 12.4. The summed E-state index contributed by atoms with van der Waals surface area (Å²) < 4.78 is 48.7. The molecule has 0 saturated carbocycles. The highest BCUT2D eigenvalue weighted by molar-refractivity contribution is 6.45. The van der Waals surface area contributed by atoms with Gasteiger partial charge >= 0.3 is 6.18 Å². The number of nitrogens with one attached hydrogen (secondary N) is 2. The minimum absolute atomic E-state index is 0.0312. The van der Waals surface area contributed by atoms with Crippen LogP contribution in [0.2, 0.25) is 0 Å². The van der Waals surface area contributed by atoms with E-state index in [1.54, 1.807) is 41.7 Å². The molecule has 1 unspecified atom stereocenters. The number of ether oxygens (including phenoxy) is 1. The van der Waals surface area contributed by atoms with Crippen LogP contribution in [-0.2, 0) is 24.1 Å². The first-order chi connectivity index (χ1) is 19.2. The van der Waals surface area contributed by atoms with Gasteiger partial charge in [0.1, 0.15) is 24.1 Å². The van der Waals surface area contributed by atoms with Gasteiger partial charge in [-0.3, -0.25) is 14.6 Å². The van der Waals surface area contributed by atoms with E-state index in [9.17, 15) is 22.8 Å². The third-order valence-corrected chi connectivity index (χ3v) is 6.85. The summed E-state index contributed by atoms with van der Waals surface area (Å²) in [5.41, 5.74) is 2.87. The standard InChI is InChI=1S/C26H23F3N8O3/c1-14-32-13-37(34-14)24-20-19(17(40-2)11-31-24)16(10-30-20)22(38)25(39)35-8-9-36-18(12-35)33-23(26(27,28)29)21(36)15-6-4-3-5-7-15/h3-7,10-11,13-14,30,34H,8-9,12H2,1-2H3. The lowest BCUT2D eigenvalue weighted by molar-refractivity contribution is -0.140. The van der Waals surface area contributed by atoms with Crippen molar-refractivity contribution < 1.29 is 27.5 Å². The van der Waals surface area contributed by atoms with Crippen molar-refractivity contribution in [3.8, 4) is 17.0 Å². The van der Waals surface area contributed by atoms with Crippen LogP contribution in [-0.4, -0.2) is 62.3 Å². The van der Waals surface area contributed by atoms with Gasteiger partial charge in [0, 0.05) is 24.8 Å². The van der Waals surface area contributed by atoms with E-state index in [0.29, 0.717) is 22.3 Å². The van der Waals surface area contributed by atoms with Crippen LogP contribution in [0.3, 0.4) is 0 Å². The number of Topliss-reactive ketones (excluding diaryl/α,β-unsaturated/α-hetero) is 1. The van der Waals surface area contributed by atoms with Crippen molar-refractivity contribution >= 4 is 34.7 Å². The lowest BCUT2D eigenvalue weighted by Gasteiger charge is -2.28. The van der Waals surface area contributed by atoms with E-state index in [1.165, 1.54) is 29.0 Å². The quantitative estimate of drug-likeness (QED) is 0.288. The second kappa shape index (κ2) is 9.48. The Morgan fingerprint density at radius 3 is 2.60 bits per heavy atom. The van der Waals surface area contributed by atoms with Crippen molar-refractivity contribution in [1.82, 2.24) is 29.8 Å². The topological polar surface area (TPSA) is 121 Å². The molecule has 206 valence electrons. The van der Waals surface area contributed by atoms with Gasteiger partial charge in [0.2, 0.25) is 0 Å². The minimum Gasteiger partial charge on any atom is -0.494 e. The van der Waals surface area contributed by atoms with E-state index in [1.807, 2.05) is 6.92 Å². The summed E-state index contributed by atoms with van der Waals surface area (Å²) >= 11 is 0. The highest BCUT2D eigenvalue weighted by Gasteiger charge is 2.41. The number of hydrogen-bond acceptors (Lipinski definition) is 8. The molecule has 0 bridgehead atoms. The molecule has 2 N–H and O–H groups in total. The molecule has 1 amide bonds. The lowest BCUT2D eigenvalue weighted by atomic mass is 10.1. The van der Waals surface area contributed by atoms with E-state index in [-0.39, 0.29) is 48.6 Å². The number of imidazole rings is 1. The van der Waals surface area contributed by atoms with E-state index in [2.05, 4.69) is 25.4 Å². The lowest BCUT2D eigenvalue weighted by Crippen LogP contribution is -2.42. The molecule has 0 radical (unpaired) electrons. The zero-order valence-corrected chi connectivity index (χ0v) is 21.4. The zero-order valence-electron chi connectivity index (χ0n) is 21.4. The number of aromatic amines is 1. The summed E-state index contributed by atoms with van der Waals surface area (Å²) in [5.74, 6) is -0.951. The average Bonchev–Trinajstić information content (AvgIpc) is 3.68. The molecule has 5 heterocycles. The number of aliphatic imine (C=N–C) groups is 1. The number of carbonyl (C=O) groups excluding carboxylic acids is 2. The van der Waals surface area contributed by atoms with Crippen molar-refractivity contribution in [3.05, 3.63) is 59.8 Å². The molecule has 0 aliphatic carbocycles. The van der Waals surface area contributed by atoms with Gasteiger partial charge in [0.15, 0.2) is 11.5 Å². The van der Waals surface area contributed by atoms with Crippen LogP contribution in [0.25, 0.3) is 22.2 Å². The van der Waals surface area contributed by atoms with E-state index < -0.39 is 23.6 Å². The summed E-state index contributed by atoms with van der Waals surface area (Å²) in [6, 6.07) is 8.17. The predicted octanol–water partition coefficient (Wildman–Crippen LogP) is 3.38. The van der Waals surface area contributed by atoms with Crippen molar-refractivity contribution in [2.24, 2.45) is 4.99 Å². The number of hydrogen-bond donors (Lipinski definition) is 2. The Hall–Kier alpha value is -4.72. The van der Waals surface area contributed by atoms with Crippen molar-refractivity contribution in [1.29, 1.82) is 0 Å². The maximum Gasteiger partial charge on any atom is 0.435 e. The molecule has 1 aromatic carbocycles. The number of benzene rings is 1. The summed E-state index contributed by atoms with van der Waals surface area (Å²) in [6.07, 6.45) is -0.480. The Kier molecular flexibility index (Phi) is 6.06. The number of fused-ring (bicyclic) bond motifs is 2. The number of methoxy groups -OCH3 is 1. The normalized spacial score (nSPS) is 17.0. The number of rotatable bonds is 5. The molecule has 0 spiro atoms. The van der Waals surface area contributed by atoms with Crippen LogP contribution < -0.4 is 15.2 Å². The fraction of sp³-hybridized carbons (Fsp3) is 0.269. The molecule has 2 aliphatic heterocycles. The van der Waals surface area contributed by atoms with Gasteiger partial charge in [0.25, 0.3) is 11.7 Å². The first-order valence-electron chi connectivity index (χ1n) is 12.4. The Balaban J connectivity index is 1.33. The SMILES string of the molecule is COc1cnc(N2C=NC(C)N2)c2[nH]cc(C(=O)C(=O)N3CCn4c(nc(C(F)(F)F)c4-c4ccccc4)C3)c12. The second-order valence-corrected chi connectivity index (χ2v) is 9.34. The monoisotopic (exact) mass is 552 g/mol. The number of ketones is 1. The molecular weight excluding hydrogens is 529 g/mol. The molecule has 1 atom stereocenters. The third-order valence-electron chi connectivity index (χ3n) is 6.85. The highest BCUT2D eigenvalue weighted by atomic mass is 19.4. The maximum absolute atomic E-state index is 13.9. The molecule has 11 nitrogen and oxygen atoms in total. The fourth-order valence-corrected chi connectivity index (χ4v) is 5.02. The summed E-state index contributed by atoms with van der Waals surface area (Å²) in [7, 11) is 1.42. The van der Waals surface area contributed by atoms with E-state index in [4.69, 9.17) is 4.74 Å². The number of anilines is 1. The summed E-state index contributed by atoms with van der Waals surface area (Å²) in [4.78, 5) is 43.6. The predicted molar refractivity (Wildman–Crippen MR) is 139 cm³/mol. The number of hydrazine groups is 1. The van der Waals surface area contributed by atoms with E-state index in [0.717, 1.165) is 0 Å².